The van der Waals surface area contributed by atoms with Crippen molar-refractivity contribution in [3.05, 3.63) is 21.5 Å². The molecule has 0 aromatic heterocycles. The van der Waals surface area contributed by atoms with Crippen LogP contribution < -0.4 is 0 Å². The molecule has 2 nitrogen and oxygen atoms in total. The zero-order valence-electron chi connectivity index (χ0n) is 4.64. The van der Waals surface area contributed by atoms with E-state index in [0.717, 1.165) is 13.8 Å². The number of hydrogen-bond acceptors (Lipinski definition) is 2. The predicted octanol–water partition coefficient (Wildman–Crippen LogP) is 2.79. The normalized spacial score (nSPS) is 23.2. The Labute approximate surface area is 77.5 Å². The van der Waals surface area contributed by atoms with Gasteiger partial charge in [-0.25, -0.2) is 0 Å². The van der Waals surface area contributed by atoms with Gasteiger partial charge in [0.25, 0.3) is 0 Å². The van der Waals surface area contributed by atoms with Crippen LogP contribution >= 0.6 is 42.9 Å². The summed E-state index contributed by atoms with van der Waals surface area (Å²) in [5.74, 6) is 0. The van der Waals surface area contributed by atoms with Crippen LogP contribution in [0.3, 0.4) is 0 Å². The summed E-state index contributed by atoms with van der Waals surface area (Å²) in [6.45, 7) is 0. The van der Waals surface area contributed by atoms with Gasteiger partial charge in [-0.05, 0) is 31.9 Å². The lowest BCUT2D eigenvalue weighted by Crippen LogP contribution is -1.88. The van der Waals surface area contributed by atoms with E-state index in [1.807, 2.05) is 0 Å². The van der Waals surface area contributed by atoms with E-state index in [0.29, 0.717) is 0 Å². The fourth-order valence-corrected chi connectivity index (χ4v) is 3.61. The highest BCUT2D eigenvalue weighted by Gasteiger charge is 2.25. The van der Waals surface area contributed by atoms with E-state index >= 15 is 0 Å². The van der Waals surface area contributed by atoms with Crippen molar-refractivity contribution in [2.24, 2.45) is 0 Å². The average Bonchev–Trinajstić information content (AvgIpc) is 2.40. The summed E-state index contributed by atoms with van der Waals surface area (Å²) in [7, 11) is 0. The van der Waals surface area contributed by atoms with Crippen LogP contribution in [0.2, 0.25) is 0 Å². The van der Waals surface area contributed by atoms with Gasteiger partial charge in [-0.1, -0.05) is 0 Å². The van der Waals surface area contributed by atoms with Gasteiger partial charge < -0.3 is 8.37 Å². The molecule has 0 aromatic rings. The van der Waals surface area contributed by atoms with Crippen molar-refractivity contribution in [1.29, 1.82) is 0 Å². The van der Waals surface area contributed by atoms with Crippen LogP contribution in [0.5, 0.6) is 0 Å². The lowest BCUT2D eigenvalue weighted by Gasteiger charge is -1.95. The second-order valence-electron chi connectivity index (χ2n) is 1.69. The first-order chi connectivity index (χ1) is 4.79. The van der Waals surface area contributed by atoms with Crippen LogP contribution in [-0.4, -0.2) is 4.86 Å². The van der Waals surface area contributed by atoms with Crippen molar-refractivity contribution >= 4 is 47.8 Å². The molecule has 2 aliphatic rings. The van der Waals surface area contributed by atoms with E-state index in [4.69, 9.17) is 8.37 Å². The highest BCUT2D eigenvalue weighted by atomic mass is 79.9. The van der Waals surface area contributed by atoms with Gasteiger partial charge in [0.15, 0.2) is 11.0 Å². The number of hydrogen-bond donors (Lipinski definition) is 0. The highest BCUT2D eigenvalue weighted by Crippen LogP contribution is 2.41. The minimum Gasteiger partial charge on any atom is -0.406 e. The Morgan fingerprint density at radius 3 is 2.00 bits per heavy atom. The van der Waals surface area contributed by atoms with Gasteiger partial charge in [-0.15, -0.1) is 0 Å². The fourth-order valence-electron chi connectivity index (χ4n) is 0.671. The molecule has 0 amide bonds. The molecule has 2 aliphatic heterocycles. The maximum atomic E-state index is 5.14. The van der Waals surface area contributed by atoms with Gasteiger partial charge in [0.2, 0.25) is 0 Å². The van der Waals surface area contributed by atoms with E-state index in [2.05, 4.69) is 31.9 Å². The Balaban J connectivity index is 2.46. The molecular weight excluding hydrogens is 284 g/mol. The van der Waals surface area contributed by atoms with Gasteiger partial charge in [0.1, 0.15) is 17.4 Å². The standard InChI is InChI=1S/C5H2Br2O2S/c6-3-1-8-10-5(3)4(7)2-9-10/h1-2H. The smallest absolute Gasteiger partial charge is 0.193 e. The molecule has 0 bridgehead atoms. The second kappa shape index (κ2) is 2.39. The molecule has 0 atom stereocenters. The quantitative estimate of drug-likeness (QED) is 0.637. The molecule has 2 rings (SSSR count). The maximum absolute atomic E-state index is 5.14. The van der Waals surface area contributed by atoms with Crippen molar-refractivity contribution in [1.82, 2.24) is 0 Å². The number of allylic oxidation sites excluding steroid dienone is 2. The Bertz CT molecular complexity index is 253. The maximum Gasteiger partial charge on any atom is 0.193 e. The van der Waals surface area contributed by atoms with Crippen molar-refractivity contribution in [2.75, 3.05) is 0 Å². The largest absolute Gasteiger partial charge is 0.406 e. The van der Waals surface area contributed by atoms with Crippen molar-refractivity contribution in [3.63, 3.8) is 0 Å². The number of halogens is 2. The molecule has 0 radical (unpaired) electrons. The van der Waals surface area contributed by atoms with E-state index in [1.54, 1.807) is 12.5 Å². The van der Waals surface area contributed by atoms with E-state index in [-0.39, 0.29) is 0 Å². The van der Waals surface area contributed by atoms with Crippen LogP contribution in [0.4, 0.5) is 0 Å². The molecule has 0 saturated heterocycles. The van der Waals surface area contributed by atoms with Crippen LogP contribution in [0.15, 0.2) is 21.5 Å². The summed E-state index contributed by atoms with van der Waals surface area (Å²) in [6, 6.07) is 0. The molecule has 10 heavy (non-hydrogen) atoms. The van der Waals surface area contributed by atoms with E-state index in [1.165, 1.54) is 0 Å². The minimum absolute atomic E-state index is 0.490. The van der Waals surface area contributed by atoms with E-state index < -0.39 is 11.0 Å². The Morgan fingerprint density at radius 1 is 1.10 bits per heavy atom. The lowest BCUT2D eigenvalue weighted by molar-refractivity contribution is 0.459. The van der Waals surface area contributed by atoms with Crippen LogP contribution in [0.25, 0.3) is 0 Å². The molecule has 0 saturated carbocycles. The van der Waals surface area contributed by atoms with Crippen molar-refractivity contribution < 1.29 is 8.37 Å². The SMILES string of the molecule is BrC1=COS2=C1C(Br)=CO2. The predicted molar refractivity (Wildman–Crippen MR) is 48.8 cm³/mol. The van der Waals surface area contributed by atoms with Crippen LogP contribution in [0.1, 0.15) is 0 Å². The molecule has 0 aliphatic carbocycles. The summed E-state index contributed by atoms with van der Waals surface area (Å²) < 4.78 is 12.2. The molecule has 54 valence electrons. The first-order valence-corrected chi connectivity index (χ1v) is 5.13. The lowest BCUT2D eigenvalue weighted by atomic mass is 10.4. The van der Waals surface area contributed by atoms with Gasteiger partial charge in [-0.3, -0.25) is 0 Å². The van der Waals surface area contributed by atoms with E-state index in [9.17, 15) is 0 Å². The Kier molecular flexibility index (Phi) is 1.66. The van der Waals surface area contributed by atoms with Crippen molar-refractivity contribution in [2.45, 2.75) is 0 Å². The molecule has 0 aromatic carbocycles. The molecule has 0 spiro atoms. The van der Waals surface area contributed by atoms with Crippen LogP contribution in [0, 0.1) is 0 Å². The topological polar surface area (TPSA) is 18.5 Å². The molecule has 0 fully saturated rings. The summed E-state index contributed by atoms with van der Waals surface area (Å²) in [5, 5.41) is 0. The molecular formula is C5H2Br2O2S. The Morgan fingerprint density at radius 2 is 1.60 bits per heavy atom. The van der Waals surface area contributed by atoms with Gasteiger partial charge in [-0.2, -0.15) is 0 Å². The monoisotopic (exact) mass is 284 g/mol. The molecule has 0 unspecified atom stereocenters. The van der Waals surface area contributed by atoms with Gasteiger partial charge >= 0.3 is 0 Å². The fraction of sp³-hybridized carbons (Fsp3) is 0. The highest BCUT2D eigenvalue weighted by molar-refractivity contribution is 9.13. The average molecular weight is 286 g/mol. The summed E-state index contributed by atoms with van der Waals surface area (Å²) >= 11 is 6.19. The summed E-state index contributed by atoms with van der Waals surface area (Å²) in [4.78, 5) is 1.06. The zero-order chi connectivity index (χ0) is 7.14. The third kappa shape index (κ3) is 0.879. The zero-order valence-corrected chi connectivity index (χ0v) is 8.62. The van der Waals surface area contributed by atoms with Crippen molar-refractivity contribution in [3.8, 4) is 0 Å². The summed E-state index contributed by atoms with van der Waals surface area (Å²) in [6.07, 6.45) is 3.29. The summed E-state index contributed by atoms with van der Waals surface area (Å²) in [5.41, 5.74) is 0. The Hall–Kier alpha value is 0.260. The molecule has 5 heteroatoms. The number of rotatable bonds is 0. The van der Waals surface area contributed by atoms with Crippen LogP contribution in [-0.2, 0) is 8.37 Å². The van der Waals surface area contributed by atoms with Gasteiger partial charge in [0.05, 0.1) is 8.96 Å². The first kappa shape index (κ1) is 6.94. The van der Waals surface area contributed by atoms with Gasteiger partial charge in [0, 0.05) is 0 Å². The third-order valence-corrected chi connectivity index (χ3v) is 4.09. The second-order valence-corrected chi connectivity index (χ2v) is 4.66. The molecule has 0 N–H and O–H groups in total. The molecule has 2 heterocycles. The minimum atomic E-state index is -0.490. The first-order valence-electron chi connectivity index (χ1n) is 2.46. The third-order valence-electron chi connectivity index (χ3n) is 1.08.